The molecule has 0 atom stereocenters. The zero-order valence-electron chi connectivity index (χ0n) is 12.2. The first-order valence-corrected chi connectivity index (χ1v) is 6.80. The van der Waals surface area contributed by atoms with Gasteiger partial charge in [-0.05, 0) is 18.2 Å². The summed E-state index contributed by atoms with van der Waals surface area (Å²) in [6, 6.07) is 12.5. The molecule has 0 aliphatic rings. The number of carbonyl (C=O) groups is 1. The van der Waals surface area contributed by atoms with E-state index in [1.54, 1.807) is 19.2 Å². The molecular formula is C16H17N3O3. The molecular weight excluding hydrogens is 282 g/mol. The summed E-state index contributed by atoms with van der Waals surface area (Å²) >= 11 is 0. The second-order valence-corrected chi connectivity index (χ2v) is 4.66. The van der Waals surface area contributed by atoms with E-state index in [1.165, 1.54) is 4.90 Å². The molecule has 0 saturated heterocycles. The molecule has 1 aromatic carbocycles. The Hall–Kier alpha value is -2.78. The number of rotatable bonds is 6. The van der Waals surface area contributed by atoms with Crippen molar-refractivity contribution >= 4 is 5.91 Å². The highest BCUT2D eigenvalue weighted by Crippen LogP contribution is 2.20. The summed E-state index contributed by atoms with van der Waals surface area (Å²) in [5.41, 5.74) is 1.49. The molecule has 2 N–H and O–H groups in total. The molecule has 0 aliphatic carbocycles. The van der Waals surface area contributed by atoms with Crippen LogP contribution in [0.3, 0.4) is 0 Å². The van der Waals surface area contributed by atoms with Crippen LogP contribution in [-0.4, -0.2) is 41.2 Å². The number of aromatic amines is 1. The van der Waals surface area contributed by atoms with Crippen molar-refractivity contribution in [2.24, 2.45) is 0 Å². The van der Waals surface area contributed by atoms with Gasteiger partial charge in [0.05, 0.1) is 13.7 Å². The maximum absolute atomic E-state index is 12.5. The number of carbonyl (C=O) groups excluding carboxylic acids is 1. The molecule has 1 heterocycles. The van der Waals surface area contributed by atoms with Crippen molar-refractivity contribution in [1.29, 1.82) is 5.26 Å². The fraction of sp³-hybridized carbons (Fsp3) is 0.250. The highest BCUT2D eigenvalue weighted by molar-refractivity contribution is 5.92. The number of aliphatic hydroxyl groups excluding tert-OH is 1. The largest absolute Gasteiger partial charge is 0.496 e. The third-order valence-electron chi connectivity index (χ3n) is 3.25. The monoisotopic (exact) mass is 299 g/mol. The number of hydrogen-bond donors (Lipinski definition) is 2. The zero-order valence-corrected chi connectivity index (χ0v) is 12.2. The van der Waals surface area contributed by atoms with Crippen molar-refractivity contribution in [3.05, 3.63) is 53.3 Å². The Morgan fingerprint density at radius 2 is 2.14 bits per heavy atom. The maximum Gasteiger partial charge on any atom is 0.270 e. The van der Waals surface area contributed by atoms with Gasteiger partial charge in [-0.1, -0.05) is 18.2 Å². The lowest BCUT2D eigenvalue weighted by molar-refractivity contribution is 0.0701. The van der Waals surface area contributed by atoms with E-state index in [-0.39, 0.29) is 19.1 Å². The summed E-state index contributed by atoms with van der Waals surface area (Å²) in [4.78, 5) is 16.8. The van der Waals surface area contributed by atoms with E-state index >= 15 is 0 Å². The van der Waals surface area contributed by atoms with E-state index in [0.29, 0.717) is 23.7 Å². The molecule has 0 unspecified atom stereocenters. The Balaban J connectivity index is 2.22. The number of hydrogen-bond acceptors (Lipinski definition) is 4. The van der Waals surface area contributed by atoms with Crippen LogP contribution < -0.4 is 4.74 Å². The number of methoxy groups -OCH3 is 1. The fourth-order valence-corrected chi connectivity index (χ4v) is 2.17. The van der Waals surface area contributed by atoms with Gasteiger partial charge in [-0.2, -0.15) is 5.26 Å². The first kappa shape index (κ1) is 15.6. The first-order valence-electron chi connectivity index (χ1n) is 6.80. The van der Waals surface area contributed by atoms with E-state index in [1.807, 2.05) is 30.3 Å². The van der Waals surface area contributed by atoms with Crippen LogP contribution in [0.5, 0.6) is 5.75 Å². The molecule has 0 fully saturated rings. The standard InChI is InChI=1S/C16H17N3O3/c1-22-15-5-3-2-4-12(15)11-19(8-9-20)16(21)14-7-6-13(10-17)18-14/h2-7,18,20H,8-9,11H2,1H3. The third kappa shape index (κ3) is 3.45. The summed E-state index contributed by atoms with van der Waals surface area (Å²) in [7, 11) is 1.57. The van der Waals surface area contributed by atoms with Crippen molar-refractivity contribution in [3.63, 3.8) is 0 Å². The molecule has 0 aliphatic heterocycles. The van der Waals surface area contributed by atoms with E-state index in [9.17, 15) is 9.90 Å². The molecule has 6 heteroatoms. The minimum atomic E-state index is -0.276. The van der Waals surface area contributed by atoms with Crippen molar-refractivity contribution in [2.45, 2.75) is 6.54 Å². The van der Waals surface area contributed by atoms with Gasteiger partial charge < -0.3 is 19.7 Å². The van der Waals surface area contributed by atoms with Gasteiger partial charge >= 0.3 is 0 Å². The number of amides is 1. The Kier molecular flexibility index (Phi) is 5.17. The van der Waals surface area contributed by atoms with Crippen LogP contribution in [0.1, 0.15) is 21.7 Å². The third-order valence-corrected chi connectivity index (χ3v) is 3.25. The van der Waals surface area contributed by atoms with Crippen LogP contribution in [-0.2, 0) is 6.54 Å². The second kappa shape index (κ2) is 7.29. The number of aromatic nitrogens is 1. The van der Waals surface area contributed by atoms with Gasteiger partial charge in [0.25, 0.3) is 5.91 Å². The summed E-state index contributed by atoms with van der Waals surface area (Å²) < 4.78 is 5.28. The van der Waals surface area contributed by atoms with Crippen LogP contribution >= 0.6 is 0 Å². The number of para-hydroxylation sites is 1. The van der Waals surface area contributed by atoms with Gasteiger partial charge in [-0.15, -0.1) is 0 Å². The minimum Gasteiger partial charge on any atom is -0.496 e. The number of nitriles is 1. The van der Waals surface area contributed by atoms with E-state index in [2.05, 4.69) is 4.98 Å². The molecule has 2 rings (SSSR count). The highest BCUT2D eigenvalue weighted by atomic mass is 16.5. The van der Waals surface area contributed by atoms with E-state index in [4.69, 9.17) is 10.00 Å². The molecule has 2 aromatic rings. The molecule has 22 heavy (non-hydrogen) atoms. The molecule has 1 amide bonds. The maximum atomic E-state index is 12.5. The number of nitrogens with one attached hydrogen (secondary N) is 1. The number of aliphatic hydroxyl groups is 1. The first-order chi connectivity index (χ1) is 10.7. The summed E-state index contributed by atoms with van der Waals surface area (Å²) in [6.45, 7) is 0.356. The predicted octanol–water partition coefficient (Wildman–Crippen LogP) is 1.53. The Labute approximate surface area is 128 Å². The number of H-pyrrole nitrogens is 1. The smallest absolute Gasteiger partial charge is 0.270 e. The van der Waals surface area contributed by atoms with Gasteiger partial charge in [0.2, 0.25) is 0 Å². The van der Waals surface area contributed by atoms with Crippen molar-refractivity contribution in [2.75, 3.05) is 20.3 Å². The van der Waals surface area contributed by atoms with Gasteiger partial charge in [-0.25, -0.2) is 0 Å². The van der Waals surface area contributed by atoms with Gasteiger partial charge in [0, 0.05) is 18.7 Å². The van der Waals surface area contributed by atoms with Crippen molar-refractivity contribution in [1.82, 2.24) is 9.88 Å². The lowest BCUT2D eigenvalue weighted by Gasteiger charge is -2.22. The molecule has 0 saturated carbocycles. The predicted molar refractivity (Wildman–Crippen MR) is 80.3 cm³/mol. The molecule has 0 bridgehead atoms. The summed E-state index contributed by atoms with van der Waals surface area (Å²) in [6.07, 6.45) is 0. The Morgan fingerprint density at radius 1 is 1.36 bits per heavy atom. The van der Waals surface area contributed by atoms with Crippen LogP contribution in [0.25, 0.3) is 0 Å². The average molecular weight is 299 g/mol. The second-order valence-electron chi connectivity index (χ2n) is 4.66. The fourth-order valence-electron chi connectivity index (χ4n) is 2.17. The number of ether oxygens (including phenoxy) is 1. The Morgan fingerprint density at radius 3 is 2.77 bits per heavy atom. The Bertz CT molecular complexity index is 688. The molecule has 1 aromatic heterocycles. The van der Waals surface area contributed by atoms with Crippen LogP contribution in [0.15, 0.2) is 36.4 Å². The molecule has 6 nitrogen and oxygen atoms in total. The minimum absolute atomic E-state index is 0.146. The van der Waals surface area contributed by atoms with Crippen LogP contribution in [0, 0.1) is 11.3 Å². The van der Waals surface area contributed by atoms with Gasteiger partial charge in [0.1, 0.15) is 23.2 Å². The summed E-state index contributed by atoms with van der Waals surface area (Å²) in [5.74, 6) is 0.406. The van der Waals surface area contributed by atoms with E-state index in [0.717, 1.165) is 5.56 Å². The summed E-state index contributed by atoms with van der Waals surface area (Å²) in [5, 5.41) is 18.0. The molecule has 0 spiro atoms. The van der Waals surface area contributed by atoms with Crippen molar-refractivity contribution in [3.8, 4) is 11.8 Å². The topological polar surface area (TPSA) is 89.3 Å². The highest BCUT2D eigenvalue weighted by Gasteiger charge is 2.18. The lowest BCUT2D eigenvalue weighted by Crippen LogP contribution is -2.33. The van der Waals surface area contributed by atoms with Crippen LogP contribution in [0.2, 0.25) is 0 Å². The average Bonchev–Trinajstić information content (AvgIpc) is 3.03. The lowest BCUT2D eigenvalue weighted by atomic mass is 10.2. The van der Waals surface area contributed by atoms with Gasteiger partial charge in [0.15, 0.2) is 0 Å². The normalized spacial score (nSPS) is 10.0. The number of benzene rings is 1. The number of nitrogens with zero attached hydrogens (tertiary/aromatic N) is 2. The van der Waals surface area contributed by atoms with E-state index < -0.39 is 0 Å². The molecule has 114 valence electrons. The quantitative estimate of drug-likeness (QED) is 0.846. The molecule has 0 radical (unpaired) electrons. The van der Waals surface area contributed by atoms with Crippen LogP contribution in [0.4, 0.5) is 0 Å². The van der Waals surface area contributed by atoms with Crippen molar-refractivity contribution < 1.29 is 14.6 Å². The SMILES string of the molecule is COc1ccccc1CN(CCO)C(=O)c1ccc(C#N)[nH]1. The zero-order chi connectivity index (χ0) is 15.9. The van der Waals surface area contributed by atoms with Gasteiger partial charge in [-0.3, -0.25) is 4.79 Å².